The van der Waals surface area contributed by atoms with Crippen LogP contribution in [0.4, 0.5) is 0 Å². The number of rotatable bonds is 4. The van der Waals surface area contributed by atoms with Crippen molar-refractivity contribution in [1.29, 1.82) is 0 Å². The van der Waals surface area contributed by atoms with Crippen LogP contribution in [0.3, 0.4) is 0 Å². The van der Waals surface area contributed by atoms with Crippen LogP contribution in [0.25, 0.3) is 0 Å². The van der Waals surface area contributed by atoms with Crippen molar-refractivity contribution < 1.29 is 14.3 Å². The molecule has 2 aliphatic rings. The van der Waals surface area contributed by atoms with Gasteiger partial charge in [-0.1, -0.05) is 0 Å². The SMILES string of the molecule is COc1ccc(C(=O)N2CCCN(C[C@H]3CC[C@@H](C)O3)CC2)cc1. The maximum atomic E-state index is 12.7. The van der Waals surface area contributed by atoms with Crippen LogP contribution in [0.15, 0.2) is 24.3 Å². The molecule has 2 heterocycles. The van der Waals surface area contributed by atoms with Crippen LogP contribution in [0.2, 0.25) is 0 Å². The summed E-state index contributed by atoms with van der Waals surface area (Å²) in [5.41, 5.74) is 0.734. The molecule has 0 saturated carbocycles. The highest BCUT2D eigenvalue weighted by Crippen LogP contribution is 2.21. The number of carbonyl (C=O) groups is 1. The normalized spacial score (nSPS) is 25.5. The molecule has 0 radical (unpaired) electrons. The molecule has 0 unspecified atom stereocenters. The van der Waals surface area contributed by atoms with E-state index in [1.807, 2.05) is 29.2 Å². The first-order valence-corrected chi connectivity index (χ1v) is 8.97. The Hall–Kier alpha value is -1.59. The Labute approximate surface area is 144 Å². The number of amides is 1. The largest absolute Gasteiger partial charge is 0.497 e. The Morgan fingerprint density at radius 3 is 2.62 bits per heavy atom. The zero-order chi connectivity index (χ0) is 16.9. The second kappa shape index (κ2) is 7.99. The predicted octanol–water partition coefficient (Wildman–Crippen LogP) is 2.41. The van der Waals surface area contributed by atoms with Crippen LogP contribution in [0, 0.1) is 0 Å². The number of ether oxygens (including phenoxy) is 2. The van der Waals surface area contributed by atoms with Gasteiger partial charge in [0.05, 0.1) is 19.3 Å². The Morgan fingerprint density at radius 1 is 1.17 bits per heavy atom. The van der Waals surface area contributed by atoms with Gasteiger partial charge in [0.1, 0.15) is 5.75 Å². The highest BCUT2D eigenvalue weighted by atomic mass is 16.5. The van der Waals surface area contributed by atoms with E-state index in [1.165, 1.54) is 6.42 Å². The number of hydrogen-bond acceptors (Lipinski definition) is 4. The fourth-order valence-corrected chi connectivity index (χ4v) is 3.58. The Balaban J connectivity index is 1.53. The molecule has 0 aliphatic carbocycles. The summed E-state index contributed by atoms with van der Waals surface area (Å²) in [6.45, 7) is 6.72. The molecule has 1 aromatic carbocycles. The van der Waals surface area contributed by atoms with Gasteiger partial charge in [-0.15, -0.1) is 0 Å². The standard InChI is InChI=1S/C19H28N2O3/c1-15-4-7-18(24-15)14-20-10-3-11-21(13-12-20)19(22)16-5-8-17(23-2)9-6-16/h5-6,8-9,15,18H,3-4,7,10-14H2,1-2H3/t15-,18-/m1/s1. The Morgan fingerprint density at radius 2 is 1.96 bits per heavy atom. The molecule has 0 aromatic heterocycles. The number of nitrogens with zero attached hydrogens (tertiary/aromatic N) is 2. The summed E-state index contributed by atoms with van der Waals surface area (Å²) in [6.07, 6.45) is 4.11. The van der Waals surface area contributed by atoms with Crippen LogP contribution in [-0.4, -0.2) is 67.7 Å². The number of methoxy groups -OCH3 is 1. The molecule has 0 spiro atoms. The van der Waals surface area contributed by atoms with E-state index in [0.717, 1.165) is 56.9 Å². The van der Waals surface area contributed by atoms with Gasteiger partial charge in [0.15, 0.2) is 0 Å². The van der Waals surface area contributed by atoms with Crippen molar-refractivity contribution in [3.05, 3.63) is 29.8 Å². The molecule has 2 saturated heterocycles. The monoisotopic (exact) mass is 332 g/mol. The summed E-state index contributed by atoms with van der Waals surface area (Å²) in [7, 11) is 1.63. The molecule has 1 aromatic rings. The van der Waals surface area contributed by atoms with E-state index in [1.54, 1.807) is 7.11 Å². The second-order valence-electron chi connectivity index (χ2n) is 6.82. The minimum absolute atomic E-state index is 0.116. The van der Waals surface area contributed by atoms with Crippen LogP contribution in [0.1, 0.15) is 36.5 Å². The topological polar surface area (TPSA) is 42.0 Å². The number of carbonyl (C=O) groups excluding carboxylic acids is 1. The molecule has 2 fully saturated rings. The van der Waals surface area contributed by atoms with Crippen molar-refractivity contribution in [3.8, 4) is 5.75 Å². The summed E-state index contributed by atoms with van der Waals surface area (Å²) >= 11 is 0. The zero-order valence-corrected chi connectivity index (χ0v) is 14.7. The number of benzene rings is 1. The molecule has 2 aliphatic heterocycles. The van der Waals surface area contributed by atoms with E-state index in [0.29, 0.717) is 12.2 Å². The third kappa shape index (κ3) is 4.28. The first-order valence-electron chi connectivity index (χ1n) is 8.97. The summed E-state index contributed by atoms with van der Waals surface area (Å²) in [5, 5.41) is 0. The van der Waals surface area contributed by atoms with Crippen molar-refractivity contribution in [2.45, 2.75) is 38.4 Å². The maximum Gasteiger partial charge on any atom is 0.253 e. The van der Waals surface area contributed by atoms with Gasteiger partial charge in [-0.2, -0.15) is 0 Å². The van der Waals surface area contributed by atoms with Crippen LogP contribution < -0.4 is 4.74 Å². The fourth-order valence-electron chi connectivity index (χ4n) is 3.58. The molecule has 0 bridgehead atoms. The van der Waals surface area contributed by atoms with Gasteiger partial charge in [0.25, 0.3) is 5.91 Å². The third-order valence-corrected chi connectivity index (χ3v) is 4.99. The minimum atomic E-state index is 0.116. The summed E-state index contributed by atoms with van der Waals surface area (Å²) < 4.78 is 11.1. The summed E-state index contributed by atoms with van der Waals surface area (Å²) in [4.78, 5) is 17.1. The predicted molar refractivity (Wildman–Crippen MR) is 93.5 cm³/mol. The lowest BCUT2D eigenvalue weighted by Crippen LogP contribution is -2.37. The zero-order valence-electron chi connectivity index (χ0n) is 14.7. The first-order chi connectivity index (χ1) is 11.7. The van der Waals surface area contributed by atoms with Crippen molar-refractivity contribution >= 4 is 5.91 Å². The molecule has 5 nitrogen and oxygen atoms in total. The lowest BCUT2D eigenvalue weighted by atomic mass is 10.2. The van der Waals surface area contributed by atoms with E-state index in [4.69, 9.17) is 9.47 Å². The molecule has 1 amide bonds. The molecule has 5 heteroatoms. The lowest BCUT2D eigenvalue weighted by Gasteiger charge is -2.24. The maximum absolute atomic E-state index is 12.7. The van der Waals surface area contributed by atoms with Crippen molar-refractivity contribution in [3.63, 3.8) is 0 Å². The number of hydrogen-bond donors (Lipinski definition) is 0. The second-order valence-corrected chi connectivity index (χ2v) is 6.82. The minimum Gasteiger partial charge on any atom is -0.497 e. The van der Waals surface area contributed by atoms with E-state index < -0.39 is 0 Å². The van der Waals surface area contributed by atoms with E-state index in [-0.39, 0.29) is 5.91 Å². The molecule has 132 valence electrons. The van der Waals surface area contributed by atoms with E-state index in [9.17, 15) is 4.79 Å². The Kier molecular flexibility index (Phi) is 5.74. The molecule has 24 heavy (non-hydrogen) atoms. The van der Waals surface area contributed by atoms with Gasteiger partial charge in [0.2, 0.25) is 0 Å². The van der Waals surface area contributed by atoms with Gasteiger partial charge in [-0.3, -0.25) is 9.69 Å². The first kappa shape index (κ1) is 17.2. The molecule has 2 atom stereocenters. The van der Waals surface area contributed by atoms with E-state index >= 15 is 0 Å². The smallest absolute Gasteiger partial charge is 0.253 e. The highest BCUT2D eigenvalue weighted by Gasteiger charge is 2.26. The van der Waals surface area contributed by atoms with Crippen molar-refractivity contribution in [2.24, 2.45) is 0 Å². The molecular formula is C19H28N2O3. The molecule has 0 N–H and O–H groups in total. The third-order valence-electron chi connectivity index (χ3n) is 4.99. The average Bonchev–Trinajstić information content (AvgIpc) is 2.87. The van der Waals surface area contributed by atoms with Gasteiger partial charge >= 0.3 is 0 Å². The van der Waals surface area contributed by atoms with Gasteiger partial charge in [0, 0.05) is 31.7 Å². The quantitative estimate of drug-likeness (QED) is 0.849. The van der Waals surface area contributed by atoms with E-state index in [2.05, 4.69) is 11.8 Å². The van der Waals surface area contributed by atoms with Gasteiger partial charge in [-0.25, -0.2) is 0 Å². The van der Waals surface area contributed by atoms with Crippen LogP contribution in [0.5, 0.6) is 5.75 Å². The van der Waals surface area contributed by atoms with Crippen molar-refractivity contribution in [1.82, 2.24) is 9.80 Å². The van der Waals surface area contributed by atoms with Crippen LogP contribution in [-0.2, 0) is 4.74 Å². The lowest BCUT2D eigenvalue weighted by molar-refractivity contribution is 0.0322. The Bertz CT molecular complexity index is 546. The van der Waals surface area contributed by atoms with Crippen LogP contribution >= 0.6 is 0 Å². The molecule has 3 rings (SSSR count). The highest BCUT2D eigenvalue weighted by molar-refractivity contribution is 5.94. The van der Waals surface area contributed by atoms with Gasteiger partial charge in [-0.05, 0) is 57.0 Å². The van der Waals surface area contributed by atoms with Crippen molar-refractivity contribution in [2.75, 3.05) is 39.8 Å². The summed E-state index contributed by atoms with van der Waals surface area (Å²) in [6, 6.07) is 7.38. The summed E-state index contributed by atoms with van der Waals surface area (Å²) in [5.74, 6) is 0.893. The van der Waals surface area contributed by atoms with Gasteiger partial charge < -0.3 is 14.4 Å². The fraction of sp³-hybridized carbons (Fsp3) is 0.632. The molecular weight excluding hydrogens is 304 g/mol. The average molecular weight is 332 g/mol.